The first kappa shape index (κ1) is 16.0. The molecule has 2 N–H and O–H groups in total. The van der Waals surface area contributed by atoms with Gasteiger partial charge in [0.05, 0.1) is 0 Å². The minimum atomic E-state index is 0.524. The minimum Gasteiger partial charge on any atom is -0.492 e. The van der Waals surface area contributed by atoms with Crippen LogP contribution in [0, 0.1) is 5.92 Å². The molecule has 0 aromatic heterocycles. The van der Waals surface area contributed by atoms with Gasteiger partial charge in [0.15, 0.2) is 0 Å². The lowest BCUT2D eigenvalue weighted by atomic mass is 10.0. The van der Waals surface area contributed by atoms with E-state index < -0.39 is 0 Å². The molecule has 0 fully saturated rings. The Balaban J connectivity index is 2.37. The quantitative estimate of drug-likeness (QED) is 0.784. The first-order chi connectivity index (χ1) is 9.04. The van der Waals surface area contributed by atoms with Crippen molar-refractivity contribution < 1.29 is 4.74 Å². The second-order valence-corrected chi connectivity index (χ2v) is 5.62. The number of rotatable bonds is 8. The van der Waals surface area contributed by atoms with Crippen molar-refractivity contribution in [3.05, 3.63) is 29.8 Å². The topological polar surface area (TPSA) is 38.5 Å². The Morgan fingerprint density at radius 1 is 1.21 bits per heavy atom. The standard InChI is InChI=1S/C16H28N2O/c1-13(2)11-14(3)18(4)9-10-19-16-8-6-5-7-15(16)12-17/h5-8,13-14H,9-12,17H2,1-4H3. The molecule has 0 heterocycles. The van der Waals surface area contributed by atoms with Gasteiger partial charge in [0.1, 0.15) is 12.4 Å². The molecule has 0 spiro atoms. The van der Waals surface area contributed by atoms with Crippen LogP contribution in [-0.2, 0) is 6.54 Å². The number of hydrogen-bond acceptors (Lipinski definition) is 3. The van der Waals surface area contributed by atoms with Gasteiger partial charge < -0.3 is 15.4 Å². The Morgan fingerprint density at radius 2 is 1.89 bits per heavy atom. The third kappa shape index (κ3) is 5.62. The van der Waals surface area contributed by atoms with Crippen molar-refractivity contribution in [2.24, 2.45) is 11.7 Å². The largest absolute Gasteiger partial charge is 0.492 e. The van der Waals surface area contributed by atoms with Gasteiger partial charge in [-0.3, -0.25) is 0 Å². The normalized spacial score (nSPS) is 13.0. The zero-order valence-corrected chi connectivity index (χ0v) is 12.7. The monoisotopic (exact) mass is 264 g/mol. The zero-order chi connectivity index (χ0) is 14.3. The third-order valence-corrected chi connectivity index (χ3v) is 3.46. The van der Waals surface area contributed by atoms with Crippen molar-refractivity contribution in [3.8, 4) is 5.75 Å². The Labute approximate surface area is 117 Å². The SMILES string of the molecule is CC(C)CC(C)N(C)CCOc1ccccc1CN. The van der Waals surface area contributed by atoms with Crippen molar-refractivity contribution in [1.29, 1.82) is 0 Å². The van der Waals surface area contributed by atoms with Crippen LogP contribution in [0.2, 0.25) is 0 Å². The molecule has 0 aliphatic rings. The van der Waals surface area contributed by atoms with Gasteiger partial charge in [-0.1, -0.05) is 32.0 Å². The van der Waals surface area contributed by atoms with Crippen LogP contribution in [0.4, 0.5) is 0 Å². The molecule has 0 radical (unpaired) electrons. The maximum Gasteiger partial charge on any atom is 0.123 e. The number of nitrogens with two attached hydrogens (primary N) is 1. The first-order valence-electron chi connectivity index (χ1n) is 7.15. The molecule has 0 aliphatic heterocycles. The van der Waals surface area contributed by atoms with E-state index in [1.54, 1.807) is 0 Å². The highest BCUT2D eigenvalue weighted by molar-refractivity contribution is 5.32. The van der Waals surface area contributed by atoms with Crippen molar-refractivity contribution in [2.45, 2.75) is 39.8 Å². The van der Waals surface area contributed by atoms with E-state index in [-0.39, 0.29) is 0 Å². The van der Waals surface area contributed by atoms with Gasteiger partial charge in [-0.2, -0.15) is 0 Å². The second-order valence-electron chi connectivity index (χ2n) is 5.62. The first-order valence-corrected chi connectivity index (χ1v) is 7.15. The maximum atomic E-state index is 5.83. The van der Waals surface area contributed by atoms with E-state index in [0.29, 0.717) is 19.2 Å². The summed E-state index contributed by atoms with van der Waals surface area (Å²) in [5.74, 6) is 1.64. The second kappa shape index (κ2) is 8.18. The fraction of sp³-hybridized carbons (Fsp3) is 0.625. The number of para-hydroxylation sites is 1. The molecular formula is C16H28N2O. The van der Waals surface area contributed by atoms with Gasteiger partial charge in [-0.15, -0.1) is 0 Å². The molecule has 1 atom stereocenters. The summed E-state index contributed by atoms with van der Waals surface area (Å²) in [6.45, 7) is 8.96. The van der Waals surface area contributed by atoms with Gasteiger partial charge in [0.2, 0.25) is 0 Å². The van der Waals surface area contributed by atoms with E-state index >= 15 is 0 Å². The Morgan fingerprint density at radius 3 is 2.53 bits per heavy atom. The number of nitrogens with zero attached hydrogens (tertiary/aromatic N) is 1. The number of likely N-dealkylation sites (N-methyl/N-ethyl adjacent to an activating group) is 1. The molecule has 3 nitrogen and oxygen atoms in total. The van der Waals surface area contributed by atoms with Crippen molar-refractivity contribution in [2.75, 3.05) is 20.2 Å². The summed E-state index contributed by atoms with van der Waals surface area (Å²) < 4.78 is 5.83. The van der Waals surface area contributed by atoms with Crippen LogP contribution < -0.4 is 10.5 Å². The Hall–Kier alpha value is -1.06. The Kier molecular flexibility index (Phi) is 6.89. The summed E-state index contributed by atoms with van der Waals surface area (Å²) in [4.78, 5) is 2.35. The van der Waals surface area contributed by atoms with Crippen LogP contribution in [0.1, 0.15) is 32.8 Å². The smallest absolute Gasteiger partial charge is 0.123 e. The average molecular weight is 264 g/mol. The van der Waals surface area contributed by atoms with Crippen LogP contribution in [0.15, 0.2) is 24.3 Å². The van der Waals surface area contributed by atoms with E-state index in [1.165, 1.54) is 6.42 Å². The highest BCUT2D eigenvalue weighted by Crippen LogP contribution is 2.17. The van der Waals surface area contributed by atoms with Crippen LogP contribution in [0.25, 0.3) is 0 Å². The van der Waals surface area contributed by atoms with Crippen molar-refractivity contribution >= 4 is 0 Å². The molecule has 1 unspecified atom stereocenters. The number of ether oxygens (including phenoxy) is 1. The molecule has 19 heavy (non-hydrogen) atoms. The van der Waals surface area contributed by atoms with Gasteiger partial charge in [0, 0.05) is 24.7 Å². The number of benzene rings is 1. The van der Waals surface area contributed by atoms with Gasteiger partial charge in [0.25, 0.3) is 0 Å². The molecule has 0 saturated carbocycles. The lowest BCUT2D eigenvalue weighted by molar-refractivity contribution is 0.183. The molecule has 1 aromatic carbocycles. The molecule has 3 heteroatoms. The van der Waals surface area contributed by atoms with Gasteiger partial charge in [-0.25, -0.2) is 0 Å². The predicted octanol–water partition coefficient (Wildman–Crippen LogP) is 2.89. The van der Waals surface area contributed by atoms with Crippen molar-refractivity contribution in [1.82, 2.24) is 4.90 Å². The maximum absolute atomic E-state index is 5.83. The highest BCUT2D eigenvalue weighted by atomic mass is 16.5. The van der Waals surface area contributed by atoms with Crippen LogP contribution in [0.3, 0.4) is 0 Å². The molecule has 0 saturated heterocycles. The molecule has 1 aromatic rings. The van der Waals surface area contributed by atoms with E-state index in [4.69, 9.17) is 10.5 Å². The lowest BCUT2D eigenvalue weighted by Gasteiger charge is -2.26. The summed E-state index contributed by atoms with van der Waals surface area (Å²) in [5, 5.41) is 0. The minimum absolute atomic E-state index is 0.524. The molecule has 0 bridgehead atoms. The van der Waals surface area contributed by atoms with E-state index in [2.05, 4.69) is 32.7 Å². The summed E-state index contributed by atoms with van der Waals surface area (Å²) in [5.41, 5.74) is 6.76. The summed E-state index contributed by atoms with van der Waals surface area (Å²) in [6, 6.07) is 8.57. The predicted molar refractivity (Wildman–Crippen MR) is 81.4 cm³/mol. The third-order valence-electron chi connectivity index (χ3n) is 3.46. The van der Waals surface area contributed by atoms with Crippen LogP contribution in [0.5, 0.6) is 5.75 Å². The zero-order valence-electron chi connectivity index (χ0n) is 12.7. The van der Waals surface area contributed by atoms with E-state index in [9.17, 15) is 0 Å². The van der Waals surface area contributed by atoms with Gasteiger partial charge in [-0.05, 0) is 32.4 Å². The number of hydrogen-bond donors (Lipinski definition) is 1. The molecule has 1 rings (SSSR count). The van der Waals surface area contributed by atoms with Crippen LogP contribution >= 0.6 is 0 Å². The summed E-state index contributed by atoms with van der Waals surface area (Å²) >= 11 is 0. The fourth-order valence-electron chi connectivity index (χ4n) is 2.20. The lowest BCUT2D eigenvalue weighted by Crippen LogP contribution is -2.33. The van der Waals surface area contributed by atoms with Crippen molar-refractivity contribution in [3.63, 3.8) is 0 Å². The molecular weight excluding hydrogens is 236 g/mol. The van der Waals surface area contributed by atoms with E-state index in [0.717, 1.165) is 23.8 Å². The average Bonchev–Trinajstić information content (AvgIpc) is 2.38. The molecule has 0 amide bonds. The van der Waals surface area contributed by atoms with Gasteiger partial charge >= 0.3 is 0 Å². The molecule has 108 valence electrons. The summed E-state index contributed by atoms with van der Waals surface area (Å²) in [6.07, 6.45) is 1.22. The Bertz CT molecular complexity index is 366. The van der Waals surface area contributed by atoms with E-state index in [1.807, 2.05) is 24.3 Å². The summed E-state index contributed by atoms with van der Waals surface area (Å²) in [7, 11) is 2.16. The molecule has 0 aliphatic carbocycles. The highest BCUT2D eigenvalue weighted by Gasteiger charge is 2.11. The fourth-order valence-corrected chi connectivity index (χ4v) is 2.20. The van der Waals surface area contributed by atoms with Crippen LogP contribution in [-0.4, -0.2) is 31.1 Å².